The lowest BCUT2D eigenvalue weighted by Gasteiger charge is -2.36. The molecular weight excluding hydrogens is 296 g/mol. The second-order valence-corrected chi connectivity index (χ2v) is 7.35. The fourth-order valence-electron chi connectivity index (χ4n) is 2.73. The van der Waals surface area contributed by atoms with E-state index in [4.69, 9.17) is 5.73 Å². The zero-order chi connectivity index (χ0) is 12.3. The van der Waals surface area contributed by atoms with Crippen LogP contribution in [0, 0.1) is 0 Å². The van der Waals surface area contributed by atoms with E-state index < -0.39 is 0 Å². The van der Waals surface area contributed by atoms with Crippen LogP contribution in [0.25, 0.3) is 0 Å². The summed E-state index contributed by atoms with van der Waals surface area (Å²) in [5.41, 5.74) is 5.97. The van der Waals surface area contributed by atoms with Crippen LogP contribution >= 0.6 is 27.3 Å². The maximum Gasteiger partial charge on any atom is 0.0702 e. The van der Waals surface area contributed by atoms with Gasteiger partial charge in [0.05, 0.1) is 9.83 Å². The van der Waals surface area contributed by atoms with Crippen LogP contribution in [-0.2, 0) is 0 Å². The van der Waals surface area contributed by atoms with Crippen molar-refractivity contribution in [2.75, 3.05) is 13.6 Å². The predicted molar refractivity (Wildman–Crippen MR) is 78.5 cm³/mol. The van der Waals surface area contributed by atoms with Crippen LogP contribution < -0.4 is 5.73 Å². The smallest absolute Gasteiger partial charge is 0.0702 e. The Morgan fingerprint density at radius 3 is 2.65 bits per heavy atom. The van der Waals surface area contributed by atoms with E-state index in [9.17, 15) is 0 Å². The third kappa shape index (κ3) is 3.31. The molecule has 1 heterocycles. The van der Waals surface area contributed by atoms with Gasteiger partial charge in [0.25, 0.3) is 0 Å². The van der Waals surface area contributed by atoms with Crippen molar-refractivity contribution in [2.45, 2.75) is 44.2 Å². The SMILES string of the molecule is CN(C1CCCCC1)C(CN)c1ccc(Br)s1. The quantitative estimate of drug-likeness (QED) is 0.916. The van der Waals surface area contributed by atoms with Crippen LogP contribution in [0.15, 0.2) is 15.9 Å². The first kappa shape index (κ1) is 13.5. The Balaban J connectivity index is 2.06. The number of nitrogens with two attached hydrogens (primary N) is 1. The first-order valence-electron chi connectivity index (χ1n) is 6.39. The average Bonchev–Trinajstić information content (AvgIpc) is 2.78. The van der Waals surface area contributed by atoms with E-state index in [0.717, 1.165) is 6.04 Å². The summed E-state index contributed by atoms with van der Waals surface area (Å²) >= 11 is 5.34. The zero-order valence-electron chi connectivity index (χ0n) is 10.4. The summed E-state index contributed by atoms with van der Waals surface area (Å²) in [6.07, 6.45) is 6.82. The molecule has 2 nitrogen and oxygen atoms in total. The predicted octanol–water partition coefficient (Wildman–Crippen LogP) is 3.77. The first-order chi connectivity index (χ1) is 8.22. The highest BCUT2D eigenvalue weighted by molar-refractivity contribution is 9.11. The van der Waals surface area contributed by atoms with Crippen molar-refractivity contribution in [3.63, 3.8) is 0 Å². The summed E-state index contributed by atoms with van der Waals surface area (Å²) < 4.78 is 1.20. The van der Waals surface area contributed by atoms with Crippen LogP contribution in [0.3, 0.4) is 0 Å². The minimum Gasteiger partial charge on any atom is -0.329 e. The summed E-state index contributed by atoms with van der Waals surface area (Å²) in [4.78, 5) is 3.88. The molecule has 4 heteroatoms. The van der Waals surface area contributed by atoms with Crippen LogP contribution in [0.5, 0.6) is 0 Å². The van der Waals surface area contributed by atoms with Crippen molar-refractivity contribution in [2.24, 2.45) is 5.73 Å². The lowest BCUT2D eigenvalue weighted by Crippen LogP contribution is -2.39. The maximum atomic E-state index is 5.97. The molecule has 0 aliphatic heterocycles. The average molecular weight is 317 g/mol. The van der Waals surface area contributed by atoms with E-state index in [1.54, 1.807) is 0 Å². The summed E-state index contributed by atoms with van der Waals surface area (Å²) in [5, 5.41) is 0. The number of hydrogen-bond acceptors (Lipinski definition) is 3. The number of thiophene rings is 1. The standard InChI is InChI=1S/C13H21BrN2S/c1-16(10-5-3-2-4-6-10)11(9-15)12-7-8-13(14)17-12/h7-8,10-11H,2-6,9,15H2,1H3. The molecule has 0 amide bonds. The lowest BCUT2D eigenvalue weighted by atomic mass is 9.93. The molecule has 2 rings (SSSR count). The zero-order valence-corrected chi connectivity index (χ0v) is 12.8. The second-order valence-electron chi connectivity index (χ2n) is 4.85. The molecular formula is C13H21BrN2S. The summed E-state index contributed by atoms with van der Waals surface area (Å²) in [6.45, 7) is 0.708. The second kappa shape index (κ2) is 6.32. The Morgan fingerprint density at radius 2 is 2.12 bits per heavy atom. The topological polar surface area (TPSA) is 29.3 Å². The molecule has 0 radical (unpaired) electrons. The number of rotatable bonds is 4. The Bertz CT molecular complexity index is 347. The highest BCUT2D eigenvalue weighted by atomic mass is 79.9. The van der Waals surface area contributed by atoms with Crippen molar-refractivity contribution in [1.29, 1.82) is 0 Å². The monoisotopic (exact) mass is 316 g/mol. The molecule has 0 bridgehead atoms. The van der Waals surface area contributed by atoms with Crippen molar-refractivity contribution in [3.05, 3.63) is 20.8 Å². The van der Waals surface area contributed by atoms with Crippen LogP contribution in [0.4, 0.5) is 0 Å². The summed E-state index contributed by atoms with van der Waals surface area (Å²) in [7, 11) is 2.24. The van der Waals surface area contributed by atoms with Crippen molar-refractivity contribution in [1.82, 2.24) is 4.90 Å². The Kier molecular flexibility index (Phi) is 5.03. The Hall–Kier alpha value is 0.1000. The van der Waals surface area contributed by atoms with Gasteiger partial charge < -0.3 is 5.73 Å². The highest BCUT2D eigenvalue weighted by Crippen LogP contribution is 2.33. The van der Waals surface area contributed by atoms with Gasteiger partial charge in [-0.2, -0.15) is 0 Å². The van der Waals surface area contributed by atoms with Gasteiger partial charge in [-0.3, -0.25) is 4.90 Å². The molecule has 0 spiro atoms. The molecule has 96 valence electrons. The summed E-state index contributed by atoms with van der Waals surface area (Å²) in [6, 6.07) is 5.43. The fourth-order valence-corrected chi connectivity index (χ4v) is 4.32. The normalized spacial score (nSPS) is 19.8. The van der Waals surface area contributed by atoms with Gasteiger partial charge in [0, 0.05) is 17.5 Å². The van der Waals surface area contributed by atoms with Crippen LogP contribution in [0.2, 0.25) is 0 Å². The fraction of sp³-hybridized carbons (Fsp3) is 0.692. The Morgan fingerprint density at radius 1 is 1.41 bits per heavy atom. The molecule has 1 aliphatic rings. The van der Waals surface area contributed by atoms with E-state index in [-0.39, 0.29) is 0 Å². The molecule has 1 aromatic rings. The van der Waals surface area contributed by atoms with E-state index in [0.29, 0.717) is 12.6 Å². The van der Waals surface area contributed by atoms with Gasteiger partial charge in [-0.1, -0.05) is 19.3 Å². The van der Waals surface area contributed by atoms with Crippen LogP contribution in [-0.4, -0.2) is 24.5 Å². The first-order valence-corrected chi connectivity index (χ1v) is 8.00. The Labute approximate surface area is 116 Å². The summed E-state index contributed by atoms with van der Waals surface area (Å²) in [5.74, 6) is 0. The molecule has 2 N–H and O–H groups in total. The molecule has 0 aromatic carbocycles. The minimum absolute atomic E-state index is 0.384. The lowest BCUT2D eigenvalue weighted by molar-refractivity contribution is 0.142. The van der Waals surface area contributed by atoms with Crippen molar-refractivity contribution < 1.29 is 0 Å². The highest BCUT2D eigenvalue weighted by Gasteiger charge is 2.25. The van der Waals surface area contributed by atoms with E-state index >= 15 is 0 Å². The van der Waals surface area contributed by atoms with Crippen molar-refractivity contribution in [3.8, 4) is 0 Å². The van der Waals surface area contributed by atoms with Gasteiger partial charge in [-0.25, -0.2) is 0 Å². The maximum absolute atomic E-state index is 5.97. The molecule has 1 aromatic heterocycles. The van der Waals surface area contributed by atoms with E-state index in [1.165, 1.54) is 40.8 Å². The molecule has 1 unspecified atom stereocenters. The van der Waals surface area contributed by atoms with Crippen LogP contribution in [0.1, 0.15) is 43.0 Å². The molecule has 1 fully saturated rings. The van der Waals surface area contributed by atoms with E-state index in [2.05, 4.69) is 40.0 Å². The van der Waals surface area contributed by atoms with Gasteiger partial charge in [-0.05, 0) is 48.0 Å². The van der Waals surface area contributed by atoms with Gasteiger partial charge in [0.2, 0.25) is 0 Å². The van der Waals surface area contributed by atoms with Gasteiger partial charge in [-0.15, -0.1) is 11.3 Å². The van der Waals surface area contributed by atoms with E-state index in [1.807, 2.05) is 11.3 Å². The minimum atomic E-state index is 0.384. The molecule has 17 heavy (non-hydrogen) atoms. The molecule has 1 atom stereocenters. The molecule has 0 saturated heterocycles. The number of nitrogens with zero attached hydrogens (tertiary/aromatic N) is 1. The number of halogens is 1. The third-order valence-corrected chi connectivity index (χ3v) is 5.51. The molecule has 1 aliphatic carbocycles. The largest absolute Gasteiger partial charge is 0.329 e. The number of hydrogen-bond donors (Lipinski definition) is 1. The number of likely N-dealkylation sites (N-methyl/N-ethyl adjacent to an activating group) is 1. The van der Waals surface area contributed by atoms with Crippen molar-refractivity contribution >= 4 is 27.3 Å². The van der Waals surface area contributed by atoms with Gasteiger partial charge in [0.15, 0.2) is 0 Å². The van der Waals surface area contributed by atoms with Gasteiger partial charge in [0.1, 0.15) is 0 Å². The molecule has 1 saturated carbocycles. The third-order valence-electron chi connectivity index (χ3n) is 3.79. The van der Waals surface area contributed by atoms with Gasteiger partial charge >= 0.3 is 0 Å².